The summed E-state index contributed by atoms with van der Waals surface area (Å²) in [6, 6.07) is 24.8. The average molecular weight is 677 g/mol. The number of hydrogen-bond donors (Lipinski definition) is 2. The van der Waals surface area contributed by atoms with Crippen LogP contribution in [0.25, 0.3) is 0 Å². The Kier molecular flexibility index (Phi) is 8.87. The quantitative estimate of drug-likeness (QED) is 0.225. The third-order valence-corrected chi connectivity index (χ3v) is 14.5. The second-order valence-electron chi connectivity index (χ2n) is 16.1. The molecular weight excluding hydrogens is 625 g/mol. The van der Waals surface area contributed by atoms with Gasteiger partial charge in [-0.25, -0.2) is 0 Å². The molecule has 4 fully saturated rings. The summed E-state index contributed by atoms with van der Waals surface area (Å²) in [5.41, 5.74) is 6.29. The van der Waals surface area contributed by atoms with Gasteiger partial charge >= 0.3 is 0 Å². The Labute approximate surface area is 296 Å². The molecule has 5 heterocycles. The number of fused-ring (bicyclic) bond motifs is 10. The van der Waals surface area contributed by atoms with E-state index in [1.165, 1.54) is 88.6 Å². The van der Waals surface area contributed by atoms with Crippen molar-refractivity contribution in [2.45, 2.75) is 126 Å². The maximum absolute atomic E-state index is 13.2. The zero-order chi connectivity index (χ0) is 32.9. The molecule has 7 heteroatoms. The summed E-state index contributed by atoms with van der Waals surface area (Å²) in [5.74, 6) is 1.46. The number of hydrogen-bond acceptors (Lipinski definition) is 5. The monoisotopic (exact) mass is 676 g/mol. The fourth-order valence-corrected chi connectivity index (χ4v) is 11.7. The van der Waals surface area contributed by atoms with E-state index in [-0.39, 0.29) is 23.9 Å². The summed E-state index contributed by atoms with van der Waals surface area (Å²) >= 11 is 1.34. The predicted octanol–water partition coefficient (Wildman–Crippen LogP) is 8.89. The molecule has 0 spiro atoms. The van der Waals surface area contributed by atoms with Gasteiger partial charge in [0.25, 0.3) is 11.8 Å². The van der Waals surface area contributed by atoms with Gasteiger partial charge < -0.3 is 10.6 Å². The lowest BCUT2D eigenvalue weighted by atomic mass is 9.84. The van der Waals surface area contributed by atoms with E-state index in [0.29, 0.717) is 33.9 Å². The van der Waals surface area contributed by atoms with Gasteiger partial charge in [0.1, 0.15) is 0 Å². The van der Waals surface area contributed by atoms with Crippen LogP contribution in [0.3, 0.4) is 0 Å². The number of thiophene rings is 1. The first-order valence-electron chi connectivity index (χ1n) is 19.5. The van der Waals surface area contributed by atoms with Gasteiger partial charge in [-0.3, -0.25) is 19.4 Å². The van der Waals surface area contributed by atoms with Crippen LogP contribution in [0.5, 0.6) is 0 Å². The van der Waals surface area contributed by atoms with Crippen molar-refractivity contribution in [1.29, 1.82) is 0 Å². The van der Waals surface area contributed by atoms with Gasteiger partial charge in [0.2, 0.25) is 0 Å². The van der Waals surface area contributed by atoms with Gasteiger partial charge in [-0.05, 0) is 149 Å². The topological polar surface area (TPSA) is 64.7 Å². The fraction of sp³-hybridized carbons (Fsp3) is 0.571. The van der Waals surface area contributed by atoms with Crippen molar-refractivity contribution in [3.05, 3.63) is 92.7 Å². The van der Waals surface area contributed by atoms with E-state index < -0.39 is 0 Å². The van der Waals surface area contributed by atoms with Gasteiger partial charge in [-0.1, -0.05) is 48.5 Å². The molecule has 2 aliphatic carbocycles. The number of nitrogens with one attached hydrogen (secondary N) is 2. The Hall–Kier alpha value is -3.00. The summed E-state index contributed by atoms with van der Waals surface area (Å²) in [5, 5.41) is 6.60. The molecule has 6 aliphatic rings. The molecule has 3 aromatic rings. The average Bonchev–Trinajstić information content (AvgIpc) is 3.98. The van der Waals surface area contributed by atoms with Crippen LogP contribution in [0.4, 0.5) is 0 Å². The van der Waals surface area contributed by atoms with E-state index in [0.717, 1.165) is 37.5 Å². The largest absolute Gasteiger partial charge is 0.349 e. The van der Waals surface area contributed by atoms with Gasteiger partial charge in [0, 0.05) is 36.3 Å². The molecule has 2 N–H and O–H groups in total. The maximum Gasteiger partial charge on any atom is 0.261 e. The summed E-state index contributed by atoms with van der Waals surface area (Å²) in [4.78, 5) is 33.2. The lowest BCUT2D eigenvalue weighted by molar-refractivity contribution is 0.0916. The minimum atomic E-state index is -0.0195. The first kappa shape index (κ1) is 31.9. The summed E-state index contributed by atoms with van der Waals surface area (Å²) in [7, 11) is 0. The Morgan fingerprint density at radius 2 is 0.857 bits per heavy atom. The number of benzene rings is 2. The highest BCUT2D eigenvalue weighted by molar-refractivity contribution is 7.15. The van der Waals surface area contributed by atoms with E-state index in [1.807, 2.05) is 12.1 Å². The second kappa shape index (κ2) is 13.6. The normalized spacial score (nSPS) is 31.8. The van der Waals surface area contributed by atoms with E-state index >= 15 is 0 Å². The number of nitrogens with zero attached hydrogens (tertiary/aromatic N) is 2. The number of carbonyl (C=O) groups is 2. The molecule has 258 valence electrons. The smallest absolute Gasteiger partial charge is 0.261 e. The van der Waals surface area contributed by atoms with Crippen molar-refractivity contribution in [3.63, 3.8) is 0 Å². The first-order valence-corrected chi connectivity index (χ1v) is 20.3. The number of carbonyl (C=O) groups excluding carboxylic acids is 2. The molecule has 1 aromatic heterocycles. The van der Waals surface area contributed by atoms with Crippen LogP contribution in [0, 0.1) is 11.8 Å². The highest BCUT2D eigenvalue weighted by Gasteiger charge is 2.44. The van der Waals surface area contributed by atoms with Crippen LogP contribution in [0.2, 0.25) is 0 Å². The van der Waals surface area contributed by atoms with Crippen LogP contribution < -0.4 is 10.6 Å². The van der Waals surface area contributed by atoms with E-state index in [4.69, 9.17) is 0 Å². The Morgan fingerprint density at radius 3 is 1.20 bits per heavy atom. The molecule has 2 aromatic carbocycles. The Bertz CT molecular complexity index is 1490. The summed E-state index contributed by atoms with van der Waals surface area (Å²) in [6.07, 6.45) is 16.7. The fourth-order valence-electron chi connectivity index (χ4n) is 10.9. The molecule has 49 heavy (non-hydrogen) atoms. The minimum Gasteiger partial charge on any atom is -0.349 e. The summed E-state index contributed by atoms with van der Waals surface area (Å²) < 4.78 is 0. The molecule has 9 rings (SSSR count). The van der Waals surface area contributed by atoms with Crippen LogP contribution in [0.15, 0.2) is 60.7 Å². The van der Waals surface area contributed by atoms with Gasteiger partial charge in [0.15, 0.2) is 0 Å². The summed E-state index contributed by atoms with van der Waals surface area (Å²) in [6.45, 7) is 2.39. The zero-order valence-electron chi connectivity index (χ0n) is 28.8. The van der Waals surface area contributed by atoms with E-state index in [2.05, 4.69) is 69.0 Å². The number of amides is 2. The van der Waals surface area contributed by atoms with Crippen molar-refractivity contribution in [2.24, 2.45) is 11.8 Å². The molecule has 6 nitrogen and oxygen atoms in total. The van der Waals surface area contributed by atoms with Gasteiger partial charge in [0.05, 0.1) is 9.75 Å². The predicted molar refractivity (Wildman–Crippen MR) is 196 cm³/mol. The lowest BCUT2D eigenvalue weighted by Crippen LogP contribution is -2.38. The van der Waals surface area contributed by atoms with E-state index in [9.17, 15) is 9.59 Å². The highest BCUT2D eigenvalue weighted by Crippen LogP contribution is 2.54. The molecule has 2 saturated heterocycles. The van der Waals surface area contributed by atoms with Crippen molar-refractivity contribution < 1.29 is 9.59 Å². The van der Waals surface area contributed by atoms with Crippen molar-refractivity contribution >= 4 is 23.2 Å². The van der Waals surface area contributed by atoms with Gasteiger partial charge in [-0.2, -0.15) is 0 Å². The van der Waals surface area contributed by atoms with Gasteiger partial charge in [-0.15, -0.1) is 11.3 Å². The highest BCUT2D eigenvalue weighted by atomic mass is 32.1. The molecule has 4 atom stereocenters. The molecule has 2 amide bonds. The van der Waals surface area contributed by atoms with Crippen LogP contribution >= 0.6 is 11.3 Å². The van der Waals surface area contributed by atoms with E-state index in [1.54, 1.807) is 22.3 Å². The minimum absolute atomic E-state index is 0.0195. The third kappa shape index (κ3) is 6.18. The zero-order valence-corrected chi connectivity index (χ0v) is 29.6. The molecule has 4 bridgehead atoms. The first-order chi connectivity index (χ1) is 24.1. The van der Waals surface area contributed by atoms with Crippen molar-refractivity contribution in [2.75, 3.05) is 13.1 Å². The SMILES string of the molecule is O=C(NC1CCC(CCN2C3CCC2c2ccccc23)CC1)c1ccc(C(=O)NC2CCC(CCN3C4CCC3c3ccccc34)CC2)s1. The molecule has 4 unspecified atom stereocenters. The maximum atomic E-state index is 13.2. The molecule has 0 radical (unpaired) electrons. The number of rotatable bonds is 10. The molecular formula is C42H52N4O2S. The third-order valence-electron chi connectivity index (χ3n) is 13.5. The van der Waals surface area contributed by atoms with Crippen LogP contribution in [-0.4, -0.2) is 46.8 Å². The van der Waals surface area contributed by atoms with Crippen LogP contribution in [-0.2, 0) is 0 Å². The van der Waals surface area contributed by atoms with Crippen molar-refractivity contribution in [3.8, 4) is 0 Å². The Balaban J connectivity index is 0.683. The lowest BCUT2D eigenvalue weighted by Gasteiger charge is -2.31. The standard InChI is InChI=1S/C42H52N4O2S/c47-41(43-29-13-9-27(10-14-29)23-25-45-35-17-18-36(45)32-6-2-1-5-31(32)35)39-21-22-40(49-39)42(48)44-30-15-11-28(12-16-30)24-26-46-37-19-20-38(46)34-8-4-3-7-33(34)37/h1-8,21-22,27-30,35-38H,9-20,23-26H2,(H,43,47)(H,44,48). The Morgan fingerprint density at radius 1 is 0.510 bits per heavy atom. The van der Waals surface area contributed by atoms with Crippen molar-refractivity contribution in [1.82, 2.24) is 20.4 Å². The van der Waals surface area contributed by atoms with Crippen LogP contribution in [0.1, 0.15) is 156 Å². The molecule has 4 aliphatic heterocycles. The second-order valence-corrected chi connectivity index (χ2v) is 17.2. The molecule has 2 saturated carbocycles.